The van der Waals surface area contributed by atoms with Gasteiger partial charge in [0.2, 0.25) is 5.91 Å². The topological polar surface area (TPSA) is 64.2 Å². The molecule has 7 nitrogen and oxygen atoms in total. The van der Waals surface area contributed by atoms with Crippen molar-refractivity contribution in [1.29, 1.82) is 0 Å². The molecule has 0 radical (unpaired) electrons. The number of carbonyl (C=O) groups is 1. The van der Waals surface area contributed by atoms with Crippen LogP contribution in [0.3, 0.4) is 0 Å². The van der Waals surface area contributed by atoms with Gasteiger partial charge in [0.1, 0.15) is 5.82 Å². The van der Waals surface area contributed by atoms with Crippen molar-refractivity contribution in [2.24, 2.45) is 0 Å². The van der Waals surface area contributed by atoms with Gasteiger partial charge in [0, 0.05) is 63.4 Å². The van der Waals surface area contributed by atoms with Gasteiger partial charge in [0.25, 0.3) is 10.2 Å². The summed E-state index contributed by atoms with van der Waals surface area (Å²) in [7, 11) is -1.82. The monoisotopic (exact) mass is 460 g/mol. The zero-order chi connectivity index (χ0) is 21.7. The summed E-state index contributed by atoms with van der Waals surface area (Å²) in [5.41, 5.74) is 0.295. The molecule has 2 heterocycles. The predicted octanol–water partition coefficient (Wildman–Crippen LogP) is 2.18. The number of piperazine rings is 1. The van der Waals surface area contributed by atoms with Crippen LogP contribution in [0.1, 0.15) is 31.2 Å². The molecule has 0 spiro atoms. The van der Waals surface area contributed by atoms with E-state index in [-0.39, 0.29) is 19.0 Å². The highest BCUT2D eigenvalue weighted by Crippen LogP contribution is 2.21. The van der Waals surface area contributed by atoms with Crippen LogP contribution in [-0.2, 0) is 21.5 Å². The molecule has 2 aliphatic heterocycles. The van der Waals surface area contributed by atoms with E-state index in [1.807, 2.05) is 4.90 Å². The summed E-state index contributed by atoms with van der Waals surface area (Å²) in [4.78, 5) is 16.0. The Labute approximate surface area is 183 Å². The molecule has 0 bridgehead atoms. The minimum atomic E-state index is -3.44. The third-order valence-electron chi connectivity index (χ3n) is 5.79. The van der Waals surface area contributed by atoms with Gasteiger partial charge in [-0.05, 0) is 25.0 Å². The highest BCUT2D eigenvalue weighted by molar-refractivity contribution is 7.86. The van der Waals surface area contributed by atoms with E-state index >= 15 is 0 Å². The molecule has 10 heteroatoms. The van der Waals surface area contributed by atoms with Crippen LogP contribution >= 0.6 is 11.6 Å². The lowest BCUT2D eigenvalue weighted by molar-refractivity contribution is -0.131. The highest BCUT2D eigenvalue weighted by Gasteiger charge is 2.33. The van der Waals surface area contributed by atoms with Crippen molar-refractivity contribution in [2.75, 3.05) is 52.9 Å². The Morgan fingerprint density at radius 2 is 1.63 bits per heavy atom. The van der Waals surface area contributed by atoms with Gasteiger partial charge >= 0.3 is 0 Å². The van der Waals surface area contributed by atoms with Gasteiger partial charge in [0.15, 0.2) is 0 Å². The van der Waals surface area contributed by atoms with Crippen LogP contribution in [0.4, 0.5) is 4.39 Å². The fraction of sp³-hybridized carbons (Fsp3) is 0.650. The SMILES string of the molecule is CN(Cc1c(F)cccc1Cl)C(=O)CN1CCN(S(=O)(=O)N2CCCCCC2)CC1. The molecule has 0 N–H and O–H groups in total. The summed E-state index contributed by atoms with van der Waals surface area (Å²) in [6.45, 7) is 3.16. The standard InChI is InChI=1S/C20H30ClFN4O3S/c1-23(15-17-18(21)7-6-8-19(17)22)20(27)16-24-11-13-26(14-12-24)30(28,29)25-9-4-2-3-5-10-25/h6-8H,2-5,9-16H2,1H3. The first kappa shape index (κ1) is 23.4. The minimum absolute atomic E-state index is 0.0909. The van der Waals surface area contributed by atoms with Crippen LogP contribution < -0.4 is 0 Å². The van der Waals surface area contributed by atoms with Crippen molar-refractivity contribution in [3.63, 3.8) is 0 Å². The summed E-state index contributed by atoms with van der Waals surface area (Å²) in [6.07, 6.45) is 3.97. The van der Waals surface area contributed by atoms with Crippen molar-refractivity contribution in [1.82, 2.24) is 18.4 Å². The molecule has 0 atom stereocenters. The van der Waals surface area contributed by atoms with Crippen LogP contribution in [0.5, 0.6) is 0 Å². The molecule has 1 aromatic carbocycles. The Hall–Kier alpha value is -1.26. The largest absolute Gasteiger partial charge is 0.340 e. The van der Waals surface area contributed by atoms with E-state index in [0.29, 0.717) is 49.9 Å². The first-order chi connectivity index (χ1) is 14.3. The number of hydrogen-bond donors (Lipinski definition) is 0. The number of carbonyl (C=O) groups excluding carboxylic acids is 1. The molecule has 1 amide bonds. The maximum atomic E-state index is 14.0. The van der Waals surface area contributed by atoms with E-state index in [1.165, 1.54) is 21.3 Å². The molecule has 2 fully saturated rings. The summed E-state index contributed by atoms with van der Waals surface area (Å²) in [6, 6.07) is 4.45. The fourth-order valence-corrected chi connectivity index (χ4v) is 5.77. The summed E-state index contributed by atoms with van der Waals surface area (Å²) in [5, 5.41) is 0.294. The van der Waals surface area contributed by atoms with Gasteiger partial charge in [-0.3, -0.25) is 9.69 Å². The smallest absolute Gasteiger partial charge is 0.282 e. The number of halogens is 2. The molecule has 0 aliphatic carbocycles. The Morgan fingerprint density at radius 1 is 1.03 bits per heavy atom. The van der Waals surface area contributed by atoms with Gasteiger partial charge in [-0.15, -0.1) is 0 Å². The quantitative estimate of drug-likeness (QED) is 0.652. The van der Waals surface area contributed by atoms with E-state index < -0.39 is 16.0 Å². The first-order valence-corrected chi connectivity index (χ1v) is 12.2. The molecular weight excluding hydrogens is 431 g/mol. The zero-order valence-corrected chi connectivity index (χ0v) is 19.0. The fourth-order valence-electron chi connectivity index (χ4n) is 3.87. The second-order valence-electron chi connectivity index (χ2n) is 7.95. The van der Waals surface area contributed by atoms with Crippen LogP contribution in [0.15, 0.2) is 18.2 Å². The van der Waals surface area contributed by atoms with Gasteiger partial charge in [0.05, 0.1) is 6.54 Å². The lowest BCUT2D eigenvalue weighted by Crippen LogP contribution is -2.54. The molecule has 168 valence electrons. The van der Waals surface area contributed by atoms with Crippen LogP contribution in [0.2, 0.25) is 5.02 Å². The van der Waals surface area contributed by atoms with E-state index in [4.69, 9.17) is 11.6 Å². The molecule has 1 aromatic rings. The van der Waals surface area contributed by atoms with Crippen molar-refractivity contribution in [3.05, 3.63) is 34.6 Å². The third kappa shape index (κ3) is 5.70. The normalized spacial score (nSPS) is 20.1. The van der Waals surface area contributed by atoms with E-state index in [9.17, 15) is 17.6 Å². The molecule has 2 aliphatic rings. The minimum Gasteiger partial charge on any atom is -0.340 e. The van der Waals surface area contributed by atoms with Gasteiger partial charge in [-0.25, -0.2) is 4.39 Å². The summed E-state index contributed by atoms with van der Waals surface area (Å²) < 4.78 is 42.9. The number of hydrogen-bond acceptors (Lipinski definition) is 4. The summed E-state index contributed by atoms with van der Waals surface area (Å²) >= 11 is 6.05. The van der Waals surface area contributed by atoms with Gasteiger partial charge in [-0.1, -0.05) is 30.5 Å². The Kier molecular flexibility index (Phi) is 8.09. The number of amides is 1. The summed E-state index contributed by atoms with van der Waals surface area (Å²) in [5.74, 6) is -0.590. The molecule has 3 rings (SSSR count). The number of benzene rings is 1. The highest BCUT2D eigenvalue weighted by atomic mass is 35.5. The third-order valence-corrected chi connectivity index (χ3v) is 8.18. The average Bonchev–Trinajstić information content (AvgIpc) is 3.01. The Bertz CT molecular complexity index is 818. The second kappa shape index (κ2) is 10.4. The lowest BCUT2D eigenvalue weighted by Gasteiger charge is -2.36. The predicted molar refractivity (Wildman–Crippen MR) is 115 cm³/mol. The number of rotatable bonds is 6. The average molecular weight is 461 g/mol. The van der Waals surface area contributed by atoms with E-state index in [1.54, 1.807) is 17.4 Å². The van der Waals surface area contributed by atoms with E-state index in [2.05, 4.69) is 0 Å². The Balaban J connectivity index is 1.50. The second-order valence-corrected chi connectivity index (χ2v) is 10.3. The lowest BCUT2D eigenvalue weighted by atomic mass is 10.2. The van der Waals surface area contributed by atoms with E-state index in [0.717, 1.165) is 25.7 Å². The maximum absolute atomic E-state index is 14.0. The molecule has 30 heavy (non-hydrogen) atoms. The number of nitrogens with zero attached hydrogens (tertiary/aromatic N) is 4. The molecule has 0 aromatic heterocycles. The number of likely N-dealkylation sites (N-methyl/N-ethyl adjacent to an activating group) is 1. The zero-order valence-electron chi connectivity index (χ0n) is 17.4. The van der Waals surface area contributed by atoms with Crippen LogP contribution in [0.25, 0.3) is 0 Å². The maximum Gasteiger partial charge on any atom is 0.282 e. The molecule has 0 saturated carbocycles. The molecule has 0 unspecified atom stereocenters. The van der Waals surface area contributed by atoms with Gasteiger partial charge in [-0.2, -0.15) is 17.0 Å². The Morgan fingerprint density at radius 3 is 2.23 bits per heavy atom. The van der Waals surface area contributed by atoms with Crippen molar-refractivity contribution in [3.8, 4) is 0 Å². The van der Waals surface area contributed by atoms with Crippen molar-refractivity contribution >= 4 is 27.7 Å². The first-order valence-electron chi connectivity index (χ1n) is 10.4. The van der Waals surface area contributed by atoms with Crippen molar-refractivity contribution in [2.45, 2.75) is 32.2 Å². The molecule has 2 saturated heterocycles. The molecular formula is C20H30ClFN4O3S. The van der Waals surface area contributed by atoms with Crippen LogP contribution in [-0.4, -0.2) is 85.6 Å². The van der Waals surface area contributed by atoms with Crippen molar-refractivity contribution < 1.29 is 17.6 Å². The van der Waals surface area contributed by atoms with Gasteiger partial charge < -0.3 is 4.90 Å². The van der Waals surface area contributed by atoms with Crippen LogP contribution in [0, 0.1) is 5.82 Å².